The van der Waals surface area contributed by atoms with Gasteiger partial charge in [-0.05, 0) is 12.8 Å². The van der Waals surface area contributed by atoms with Gasteiger partial charge in [0.1, 0.15) is 6.04 Å². The molecule has 88 valence electrons. The van der Waals surface area contributed by atoms with Crippen LogP contribution < -0.4 is 10.6 Å². The zero-order chi connectivity index (χ0) is 9.80. The number of amides is 1. The van der Waals surface area contributed by atoms with Gasteiger partial charge in [-0.25, -0.2) is 0 Å². The summed E-state index contributed by atoms with van der Waals surface area (Å²) in [6.45, 7) is 2.01. The van der Waals surface area contributed by atoms with E-state index in [-0.39, 0.29) is 24.4 Å². The summed E-state index contributed by atoms with van der Waals surface area (Å²) < 4.78 is 5.24. The van der Waals surface area contributed by atoms with Crippen molar-refractivity contribution in [3.8, 4) is 0 Å². The van der Waals surface area contributed by atoms with E-state index in [9.17, 15) is 4.79 Å². The number of halogens is 1. The Hall–Kier alpha value is -0.320. The van der Waals surface area contributed by atoms with Crippen molar-refractivity contribution in [2.75, 3.05) is 19.8 Å². The second-order valence-corrected chi connectivity index (χ2v) is 4.07. The zero-order valence-electron chi connectivity index (χ0n) is 8.83. The van der Waals surface area contributed by atoms with Crippen LogP contribution in [0.15, 0.2) is 0 Å². The fourth-order valence-electron chi connectivity index (χ4n) is 2.11. The molecule has 2 fully saturated rings. The van der Waals surface area contributed by atoms with E-state index in [0.29, 0.717) is 19.3 Å². The molecule has 0 bridgehead atoms. The van der Waals surface area contributed by atoms with Gasteiger partial charge >= 0.3 is 0 Å². The number of carbonyl (C=O) groups is 1. The summed E-state index contributed by atoms with van der Waals surface area (Å²) in [7, 11) is 0. The largest absolute Gasteiger partial charge is 0.378 e. The van der Waals surface area contributed by atoms with Gasteiger partial charge in [-0.2, -0.15) is 0 Å². The van der Waals surface area contributed by atoms with Crippen molar-refractivity contribution in [2.45, 2.75) is 37.8 Å². The van der Waals surface area contributed by atoms with E-state index in [0.717, 1.165) is 19.4 Å². The summed E-state index contributed by atoms with van der Waals surface area (Å²) in [6, 6.07) is 0.274. The molecule has 1 saturated carbocycles. The minimum absolute atomic E-state index is 0. The fourth-order valence-corrected chi connectivity index (χ4v) is 2.11. The van der Waals surface area contributed by atoms with E-state index in [4.69, 9.17) is 4.74 Å². The average Bonchev–Trinajstić information content (AvgIpc) is 2.72. The monoisotopic (exact) mass is 234 g/mol. The summed E-state index contributed by atoms with van der Waals surface area (Å²) in [4.78, 5) is 11.7. The van der Waals surface area contributed by atoms with E-state index < -0.39 is 0 Å². The van der Waals surface area contributed by atoms with Gasteiger partial charge in [-0.1, -0.05) is 12.8 Å². The Labute approximate surface area is 96.5 Å². The highest BCUT2D eigenvalue weighted by Gasteiger charge is 2.24. The first-order valence-electron chi connectivity index (χ1n) is 5.48. The molecule has 1 saturated heterocycles. The fraction of sp³-hybridized carbons (Fsp3) is 0.900. The Morgan fingerprint density at radius 2 is 2.07 bits per heavy atom. The number of rotatable bonds is 2. The molecule has 4 nitrogen and oxygen atoms in total. The second-order valence-electron chi connectivity index (χ2n) is 4.07. The van der Waals surface area contributed by atoms with Crippen LogP contribution in [0.25, 0.3) is 0 Å². The molecule has 1 aliphatic carbocycles. The Kier molecular flexibility index (Phi) is 5.36. The average molecular weight is 235 g/mol. The number of ether oxygens (including phenoxy) is 1. The Bertz CT molecular complexity index is 202. The number of nitrogens with one attached hydrogen (secondary N) is 2. The molecule has 5 heteroatoms. The third-order valence-corrected chi connectivity index (χ3v) is 2.94. The standard InChI is InChI=1S/C10H18N2O2.ClH/c13-10(9-7-14-6-5-11-9)12-8-3-1-2-4-8;/h8-9,11H,1-7H2,(H,12,13);1H/t9-;/m1./s1. The molecule has 2 N–H and O–H groups in total. The normalized spacial score (nSPS) is 27.1. The van der Waals surface area contributed by atoms with Crippen molar-refractivity contribution in [3.05, 3.63) is 0 Å². The zero-order valence-corrected chi connectivity index (χ0v) is 9.65. The summed E-state index contributed by atoms with van der Waals surface area (Å²) >= 11 is 0. The summed E-state index contributed by atoms with van der Waals surface area (Å²) in [5.41, 5.74) is 0. The molecule has 0 aromatic carbocycles. The molecule has 0 aromatic heterocycles. The Morgan fingerprint density at radius 3 is 2.67 bits per heavy atom. The van der Waals surface area contributed by atoms with Crippen molar-refractivity contribution in [2.24, 2.45) is 0 Å². The van der Waals surface area contributed by atoms with E-state index in [2.05, 4.69) is 10.6 Å². The van der Waals surface area contributed by atoms with Crippen molar-refractivity contribution in [3.63, 3.8) is 0 Å². The number of hydrogen-bond donors (Lipinski definition) is 2. The minimum Gasteiger partial charge on any atom is -0.378 e. The van der Waals surface area contributed by atoms with Crippen LogP contribution in [0.5, 0.6) is 0 Å². The van der Waals surface area contributed by atoms with Crippen LogP contribution in [0, 0.1) is 0 Å². The van der Waals surface area contributed by atoms with Gasteiger partial charge in [0.05, 0.1) is 13.2 Å². The topological polar surface area (TPSA) is 50.4 Å². The lowest BCUT2D eigenvalue weighted by atomic mass is 10.2. The number of carbonyl (C=O) groups excluding carboxylic acids is 1. The maximum absolute atomic E-state index is 11.7. The quantitative estimate of drug-likeness (QED) is 0.730. The summed E-state index contributed by atoms with van der Waals surface area (Å²) in [5.74, 6) is 0.108. The van der Waals surface area contributed by atoms with Crippen molar-refractivity contribution in [1.29, 1.82) is 0 Å². The van der Waals surface area contributed by atoms with Crippen molar-refractivity contribution < 1.29 is 9.53 Å². The molecule has 1 amide bonds. The molecule has 1 heterocycles. The van der Waals surface area contributed by atoms with E-state index in [1.807, 2.05) is 0 Å². The van der Waals surface area contributed by atoms with Gasteiger partial charge in [-0.15, -0.1) is 12.4 Å². The van der Waals surface area contributed by atoms with Gasteiger partial charge in [0.15, 0.2) is 0 Å². The second kappa shape index (κ2) is 6.30. The first-order valence-corrected chi connectivity index (χ1v) is 5.48. The third-order valence-electron chi connectivity index (χ3n) is 2.94. The Balaban J connectivity index is 0.00000112. The third kappa shape index (κ3) is 3.63. The maximum atomic E-state index is 11.7. The molecule has 0 unspecified atom stereocenters. The van der Waals surface area contributed by atoms with Crippen LogP contribution in [0.2, 0.25) is 0 Å². The minimum atomic E-state index is -0.135. The first-order chi connectivity index (χ1) is 6.86. The maximum Gasteiger partial charge on any atom is 0.239 e. The highest BCUT2D eigenvalue weighted by atomic mass is 35.5. The molecule has 15 heavy (non-hydrogen) atoms. The molecule has 2 rings (SSSR count). The Morgan fingerprint density at radius 1 is 1.33 bits per heavy atom. The van der Waals surface area contributed by atoms with Gasteiger partial charge in [0, 0.05) is 12.6 Å². The lowest BCUT2D eigenvalue weighted by molar-refractivity contribution is -0.126. The smallest absolute Gasteiger partial charge is 0.239 e. The van der Waals surface area contributed by atoms with E-state index in [1.54, 1.807) is 0 Å². The molecule has 2 aliphatic rings. The number of hydrogen-bond acceptors (Lipinski definition) is 3. The van der Waals surface area contributed by atoms with E-state index >= 15 is 0 Å². The van der Waals surface area contributed by atoms with Gasteiger partial charge in [-0.3, -0.25) is 4.79 Å². The molecule has 0 aromatic rings. The SMILES string of the molecule is Cl.O=C(NC1CCCC1)[C@H]1COCCN1. The highest BCUT2D eigenvalue weighted by Crippen LogP contribution is 2.17. The summed E-state index contributed by atoms with van der Waals surface area (Å²) in [6.07, 6.45) is 4.78. The first kappa shape index (κ1) is 12.7. The van der Waals surface area contributed by atoms with Crippen LogP contribution in [-0.2, 0) is 9.53 Å². The summed E-state index contributed by atoms with van der Waals surface area (Å²) in [5, 5.41) is 6.22. The van der Waals surface area contributed by atoms with Gasteiger partial charge in [0.2, 0.25) is 5.91 Å². The number of morpholine rings is 1. The van der Waals surface area contributed by atoms with Crippen LogP contribution >= 0.6 is 12.4 Å². The molecular formula is C10H19ClN2O2. The predicted octanol–water partition coefficient (Wildman–Crippen LogP) is 0.455. The van der Waals surface area contributed by atoms with Crippen LogP contribution in [0.4, 0.5) is 0 Å². The molecule has 0 radical (unpaired) electrons. The van der Waals surface area contributed by atoms with Gasteiger partial charge < -0.3 is 15.4 Å². The van der Waals surface area contributed by atoms with Crippen LogP contribution in [0.3, 0.4) is 0 Å². The van der Waals surface area contributed by atoms with Crippen LogP contribution in [-0.4, -0.2) is 37.7 Å². The van der Waals surface area contributed by atoms with Gasteiger partial charge in [0.25, 0.3) is 0 Å². The predicted molar refractivity (Wildman–Crippen MR) is 60.3 cm³/mol. The lowest BCUT2D eigenvalue weighted by Crippen LogP contribution is -2.52. The molecule has 0 spiro atoms. The van der Waals surface area contributed by atoms with Crippen molar-refractivity contribution >= 4 is 18.3 Å². The molecule has 1 aliphatic heterocycles. The highest BCUT2D eigenvalue weighted by molar-refractivity contribution is 5.85. The van der Waals surface area contributed by atoms with Crippen molar-refractivity contribution in [1.82, 2.24) is 10.6 Å². The molecular weight excluding hydrogens is 216 g/mol. The van der Waals surface area contributed by atoms with E-state index in [1.165, 1.54) is 12.8 Å². The molecule has 1 atom stereocenters. The lowest BCUT2D eigenvalue weighted by Gasteiger charge is -2.24. The van der Waals surface area contributed by atoms with Crippen LogP contribution in [0.1, 0.15) is 25.7 Å².